The Morgan fingerprint density at radius 3 is 2.18 bits per heavy atom. The zero-order chi connectivity index (χ0) is 17.1. The lowest BCUT2D eigenvalue weighted by atomic mass is 10.0. The van der Waals surface area contributed by atoms with Crippen LogP contribution >= 0.6 is 0 Å². The molecule has 1 heterocycles. The van der Waals surface area contributed by atoms with Crippen molar-refractivity contribution in [2.45, 2.75) is 65.7 Å². The highest BCUT2D eigenvalue weighted by atomic mass is 16.6. The first kappa shape index (κ1) is 18.3. The Hall–Kier alpha value is -1.72. The lowest BCUT2D eigenvalue weighted by Gasteiger charge is -2.34. The normalized spacial score (nSPS) is 19.3. The Labute approximate surface area is 132 Å². The molecule has 2 amide bonds. The van der Waals surface area contributed by atoms with Crippen molar-refractivity contribution in [3.63, 3.8) is 0 Å². The van der Waals surface area contributed by atoms with Gasteiger partial charge in [0.25, 0.3) is 0 Å². The standard InChI is InChI=1S/C16H28N2O4/c1-11-8-9-18(14(20)22-16(5,6)7)10-12(11)17-13(19)21-15(2,3)4/h8,12H,9-10H2,1-7H3,(H,17,19)/t12-/m1/s1. The molecular weight excluding hydrogens is 284 g/mol. The van der Waals surface area contributed by atoms with Gasteiger partial charge in [0.15, 0.2) is 0 Å². The molecule has 0 radical (unpaired) electrons. The summed E-state index contributed by atoms with van der Waals surface area (Å²) >= 11 is 0. The van der Waals surface area contributed by atoms with Crippen molar-refractivity contribution in [2.24, 2.45) is 0 Å². The minimum absolute atomic E-state index is 0.267. The highest BCUT2D eigenvalue weighted by Gasteiger charge is 2.29. The molecule has 1 aliphatic heterocycles. The maximum absolute atomic E-state index is 12.1. The number of ether oxygens (including phenoxy) is 2. The molecule has 0 aromatic rings. The molecule has 0 aliphatic carbocycles. The number of alkyl carbamates (subject to hydrolysis) is 1. The third kappa shape index (κ3) is 6.37. The van der Waals surface area contributed by atoms with E-state index in [1.165, 1.54) is 0 Å². The van der Waals surface area contributed by atoms with Crippen LogP contribution in [0.1, 0.15) is 48.5 Å². The summed E-state index contributed by atoms with van der Waals surface area (Å²) in [5.41, 5.74) is -0.0894. The van der Waals surface area contributed by atoms with Gasteiger partial charge in [0.2, 0.25) is 0 Å². The topological polar surface area (TPSA) is 67.9 Å². The van der Waals surface area contributed by atoms with Gasteiger partial charge in [0, 0.05) is 13.1 Å². The lowest BCUT2D eigenvalue weighted by Crippen LogP contribution is -2.51. The van der Waals surface area contributed by atoms with E-state index < -0.39 is 17.3 Å². The van der Waals surface area contributed by atoms with Gasteiger partial charge in [-0.25, -0.2) is 9.59 Å². The SMILES string of the molecule is CC1=CCN(C(=O)OC(C)(C)C)C[C@H]1NC(=O)OC(C)(C)C. The summed E-state index contributed by atoms with van der Waals surface area (Å²) in [4.78, 5) is 25.6. The molecule has 0 saturated carbocycles. The molecule has 6 heteroatoms. The first-order valence-electron chi connectivity index (χ1n) is 7.51. The smallest absolute Gasteiger partial charge is 0.410 e. The van der Waals surface area contributed by atoms with Gasteiger partial charge in [0.1, 0.15) is 11.2 Å². The number of carbonyl (C=O) groups is 2. The number of hydrogen-bond acceptors (Lipinski definition) is 4. The van der Waals surface area contributed by atoms with Crippen LogP contribution in [0.15, 0.2) is 11.6 Å². The fourth-order valence-electron chi connectivity index (χ4n) is 1.92. The molecule has 1 atom stereocenters. The van der Waals surface area contributed by atoms with Gasteiger partial charge >= 0.3 is 12.2 Å². The van der Waals surface area contributed by atoms with Crippen LogP contribution in [-0.4, -0.2) is 47.4 Å². The van der Waals surface area contributed by atoms with Gasteiger partial charge in [-0.05, 0) is 48.5 Å². The van der Waals surface area contributed by atoms with E-state index in [4.69, 9.17) is 9.47 Å². The molecular formula is C16H28N2O4. The predicted molar refractivity (Wildman–Crippen MR) is 84.7 cm³/mol. The summed E-state index contributed by atoms with van der Waals surface area (Å²) in [7, 11) is 0. The van der Waals surface area contributed by atoms with Crippen LogP contribution in [0.5, 0.6) is 0 Å². The lowest BCUT2D eigenvalue weighted by molar-refractivity contribution is 0.0231. The number of nitrogens with zero attached hydrogens (tertiary/aromatic N) is 1. The number of hydrogen-bond donors (Lipinski definition) is 1. The van der Waals surface area contributed by atoms with Crippen molar-refractivity contribution in [2.75, 3.05) is 13.1 Å². The van der Waals surface area contributed by atoms with Gasteiger partial charge in [-0.3, -0.25) is 0 Å². The number of nitrogens with one attached hydrogen (secondary N) is 1. The first-order chi connectivity index (χ1) is 9.87. The summed E-state index contributed by atoms with van der Waals surface area (Å²) in [6, 6.07) is -0.267. The summed E-state index contributed by atoms with van der Waals surface area (Å²) in [6.45, 7) is 13.7. The van der Waals surface area contributed by atoms with Crippen LogP contribution < -0.4 is 5.32 Å². The summed E-state index contributed by atoms with van der Waals surface area (Å²) in [6.07, 6.45) is 1.04. The van der Waals surface area contributed by atoms with Crippen molar-refractivity contribution < 1.29 is 19.1 Å². The van der Waals surface area contributed by atoms with Crippen LogP contribution in [0.25, 0.3) is 0 Å². The Bertz CT molecular complexity index is 458. The molecule has 0 spiro atoms. The molecule has 0 fully saturated rings. The van der Waals surface area contributed by atoms with Crippen molar-refractivity contribution in [1.29, 1.82) is 0 Å². The minimum Gasteiger partial charge on any atom is -0.444 e. The molecule has 1 aliphatic rings. The molecule has 0 bridgehead atoms. The van der Waals surface area contributed by atoms with Gasteiger partial charge in [-0.1, -0.05) is 11.6 Å². The van der Waals surface area contributed by atoms with Crippen LogP contribution in [0.2, 0.25) is 0 Å². The van der Waals surface area contributed by atoms with Gasteiger partial charge in [-0.15, -0.1) is 0 Å². The maximum atomic E-state index is 12.1. The van der Waals surface area contributed by atoms with E-state index in [2.05, 4.69) is 5.32 Å². The molecule has 0 aromatic heterocycles. The zero-order valence-electron chi connectivity index (χ0n) is 14.6. The van der Waals surface area contributed by atoms with E-state index in [1.54, 1.807) is 4.90 Å². The molecule has 1 rings (SSSR count). The van der Waals surface area contributed by atoms with Gasteiger partial charge in [0.05, 0.1) is 6.04 Å². The minimum atomic E-state index is -0.554. The molecule has 0 unspecified atom stereocenters. The van der Waals surface area contributed by atoms with Crippen LogP contribution in [-0.2, 0) is 9.47 Å². The van der Waals surface area contributed by atoms with Crippen molar-refractivity contribution in [3.8, 4) is 0 Å². The molecule has 126 valence electrons. The van der Waals surface area contributed by atoms with Crippen LogP contribution in [0.3, 0.4) is 0 Å². The summed E-state index contributed by atoms with van der Waals surface area (Å²) in [5, 5.41) is 2.79. The average Bonchev–Trinajstić information content (AvgIpc) is 2.27. The zero-order valence-corrected chi connectivity index (χ0v) is 14.6. The largest absolute Gasteiger partial charge is 0.444 e. The molecule has 22 heavy (non-hydrogen) atoms. The predicted octanol–water partition coefficient (Wildman–Crippen LogP) is 3.08. The van der Waals surface area contributed by atoms with Crippen molar-refractivity contribution >= 4 is 12.2 Å². The number of carbonyl (C=O) groups excluding carboxylic acids is 2. The monoisotopic (exact) mass is 312 g/mol. The number of amides is 2. The summed E-state index contributed by atoms with van der Waals surface area (Å²) < 4.78 is 10.6. The highest BCUT2D eigenvalue weighted by molar-refractivity contribution is 5.71. The second kappa shape index (κ2) is 6.58. The highest BCUT2D eigenvalue weighted by Crippen LogP contribution is 2.16. The van der Waals surface area contributed by atoms with E-state index in [-0.39, 0.29) is 12.1 Å². The Morgan fingerprint density at radius 1 is 1.14 bits per heavy atom. The van der Waals surface area contributed by atoms with Crippen molar-refractivity contribution in [1.82, 2.24) is 10.2 Å². The van der Waals surface area contributed by atoms with Crippen LogP contribution in [0, 0.1) is 0 Å². The van der Waals surface area contributed by atoms with Gasteiger partial charge in [-0.2, -0.15) is 0 Å². The maximum Gasteiger partial charge on any atom is 0.410 e. The van der Waals surface area contributed by atoms with Crippen molar-refractivity contribution in [3.05, 3.63) is 11.6 Å². The Morgan fingerprint density at radius 2 is 1.68 bits per heavy atom. The third-order valence-corrected chi connectivity index (χ3v) is 2.93. The number of rotatable bonds is 1. The quantitative estimate of drug-likeness (QED) is 0.756. The fourth-order valence-corrected chi connectivity index (χ4v) is 1.92. The second-order valence-electron chi connectivity index (χ2n) is 7.53. The van der Waals surface area contributed by atoms with Gasteiger partial charge < -0.3 is 19.7 Å². The first-order valence-corrected chi connectivity index (χ1v) is 7.51. The van der Waals surface area contributed by atoms with E-state index >= 15 is 0 Å². The molecule has 1 N–H and O–H groups in total. The third-order valence-electron chi connectivity index (χ3n) is 2.93. The average molecular weight is 312 g/mol. The van der Waals surface area contributed by atoms with Crippen LogP contribution in [0.4, 0.5) is 9.59 Å². The fraction of sp³-hybridized carbons (Fsp3) is 0.750. The van der Waals surface area contributed by atoms with E-state index in [0.29, 0.717) is 13.1 Å². The second-order valence-corrected chi connectivity index (χ2v) is 7.53. The van der Waals surface area contributed by atoms with E-state index in [0.717, 1.165) is 5.57 Å². The Balaban J connectivity index is 2.66. The molecule has 0 saturated heterocycles. The van der Waals surface area contributed by atoms with E-state index in [9.17, 15) is 9.59 Å². The Kier molecular flexibility index (Phi) is 5.49. The van der Waals surface area contributed by atoms with E-state index in [1.807, 2.05) is 54.5 Å². The summed E-state index contributed by atoms with van der Waals surface area (Å²) in [5.74, 6) is 0. The molecule has 0 aromatic carbocycles. The molecule has 6 nitrogen and oxygen atoms in total.